The summed E-state index contributed by atoms with van der Waals surface area (Å²) < 4.78 is 5.92. The van der Waals surface area contributed by atoms with Gasteiger partial charge in [0.05, 0.1) is 6.61 Å². The maximum Gasteiger partial charge on any atom is 0.251 e. The fourth-order valence-electron chi connectivity index (χ4n) is 15.1. The van der Waals surface area contributed by atoms with Gasteiger partial charge in [0.1, 0.15) is 12.0 Å². The quantitative estimate of drug-likeness (QED) is 0.119. The summed E-state index contributed by atoms with van der Waals surface area (Å²) in [4.78, 5) is 29.6. The van der Waals surface area contributed by atoms with Gasteiger partial charge in [0.25, 0.3) is 5.91 Å². The number of hydrogen-bond donors (Lipinski definition) is 2. The molecule has 2 N–H and O–H groups in total. The minimum Gasteiger partial charge on any atom is -0.494 e. The van der Waals surface area contributed by atoms with E-state index in [0.717, 1.165) is 116 Å². The summed E-state index contributed by atoms with van der Waals surface area (Å²) in [5, 5.41) is 6.15. The molecule has 1 amide bonds. The second-order valence-electron chi connectivity index (χ2n) is 21.3. The zero-order valence-corrected chi connectivity index (χ0v) is 39.1. The number of rotatable bonds is 13. The normalized spacial score (nSPS) is 33.2. The number of nitrogens with zero attached hydrogens (tertiary/aromatic N) is 2. The van der Waals surface area contributed by atoms with Crippen molar-refractivity contribution < 1.29 is 14.3 Å². The molecule has 7 fully saturated rings. The van der Waals surface area contributed by atoms with Crippen molar-refractivity contribution in [2.24, 2.45) is 51.2 Å². The minimum absolute atomic E-state index is 0.0455. The van der Waals surface area contributed by atoms with Crippen LogP contribution in [0.2, 0.25) is 0 Å². The van der Waals surface area contributed by atoms with E-state index in [0.29, 0.717) is 23.6 Å². The molecule has 336 valence electrons. The van der Waals surface area contributed by atoms with E-state index in [4.69, 9.17) is 4.74 Å². The van der Waals surface area contributed by atoms with Gasteiger partial charge >= 0.3 is 0 Å². The third-order valence-electron chi connectivity index (χ3n) is 17.6. The molecule has 8 unspecified atom stereocenters. The predicted octanol–water partition coefficient (Wildman–Crippen LogP) is 10.4. The molecular formula is C54H82N4O3. The SMILES string of the molecule is C=CC.CC1(C)CCCC23C1CCC21C2CCC4(C=O)CCCC4C2CCC13.CNCCc1cccc(C(=O)NCc2ccc(OCCCN3CCN(C(C)C)CC3)cc2)c1. The Kier molecular flexibility index (Phi) is 14.9. The number of carbonyl (C=O) groups is 2. The highest BCUT2D eigenvalue weighted by Crippen LogP contribution is 2.91. The standard InChI is InChI=1S/C27H40N4O2.C24H36O.C3H6/c1-22(2)31-17-15-30(16-18-31)14-5-19-33-26-10-8-24(9-11-26)21-29-27(32)25-7-4-6-23(20-25)12-13-28-3;1-21(2)10-4-12-24-19(21)9-14-23(24)18-8-13-22(15-25)11-3-5-17(22)16(18)6-7-20(23)24;1-3-2/h4,6-11,20,22,28H,5,12-19,21H2,1-3H3,(H,29,32);15-20H,3-14H2,1-2H3;3H,1H2,2H3. The number of hydrogen-bond acceptors (Lipinski definition) is 6. The van der Waals surface area contributed by atoms with E-state index in [9.17, 15) is 9.59 Å². The Morgan fingerprint density at radius 3 is 2.36 bits per heavy atom. The van der Waals surface area contributed by atoms with E-state index < -0.39 is 0 Å². The fraction of sp³-hybridized carbons (Fsp3) is 0.704. The second-order valence-corrected chi connectivity index (χ2v) is 21.3. The molecule has 0 radical (unpaired) electrons. The number of allylic oxidation sites excluding steroid dienone is 1. The van der Waals surface area contributed by atoms with E-state index >= 15 is 0 Å². The van der Waals surface area contributed by atoms with Crippen molar-refractivity contribution >= 4 is 12.2 Å². The van der Waals surface area contributed by atoms with Gasteiger partial charge in [-0.05, 0) is 193 Å². The molecule has 6 aliphatic carbocycles. The zero-order valence-electron chi connectivity index (χ0n) is 39.1. The van der Waals surface area contributed by atoms with Gasteiger partial charge in [0, 0.05) is 56.3 Å². The molecule has 7 heteroatoms. The maximum atomic E-state index is 12.5. The lowest BCUT2D eigenvalue weighted by Gasteiger charge is -2.51. The summed E-state index contributed by atoms with van der Waals surface area (Å²) in [6.45, 7) is 22.8. The summed E-state index contributed by atoms with van der Waals surface area (Å²) in [6, 6.07) is 16.5. The molecular weight excluding hydrogens is 753 g/mol. The minimum atomic E-state index is -0.0455. The Morgan fingerprint density at radius 1 is 0.869 bits per heavy atom. The highest BCUT2D eigenvalue weighted by Gasteiger charge is 2.85. The van der Waals surface area contributed by atoms with Crippen molar-refractivity contribution in [3.05, 3.63) is 77.9 Å². The number of carbonyl (C=O) groups excluding carboxylic acids is 2. The monoisotopic (exact) mass is 835 g/mol. The van der Waals surface area contributed by atoms with Gasteiger partial charge in [-0.1, -0.05) is 57.0 Å². The van der Waals surface area contributed by atoms with E-state index in [1.807, 2.05) is 56.4 Å². The smallest absolute Gasteiger partial charge is 0.251 e. The van der Waals surface area contributed by atoms with Crippen LogP contribution in [0.3, 0.4) is 0 Å². The molecule has 7 nitrogen and oxygen atoms in total. The van der Waals surface area contributed by atoms with E-state index in [2.05, 4.69) is 60.8 Å². The largest absolute Gasteiger partial charge is 0.494 e. The Bertz CT molecular complexity index is 1770. The molecule has 7 aliphatic rings. The lowest BCUT2D eigenvalue weighted by Crippen LogP contribution is -2.49. The number of amides is 1. The number of aldehydes is 1. The van der Waals surface area contributed by atoms with Crippen molar-refractivity contribution in [3.63, 3.8) is 0 Å². The molecule has 1 saturated heterocycles. The highest BCUT2D eigenvalue weighted by molar-refractivity contribution is 5.94. The Morgan fingerprint density at radius 2 is 1.64 bits per heavy atom. The van der Waals surface area contributed by atoms with Crippen molar-refractivity contribution in [3.8, 4) is 5.75 Å². The van der Waals surface area contributed by atoms with Crippen LogP contribution in [0.15, 0.2) is 61.2 Å². The molecule has 0 bridgehead atoms. The van der Waals surface area contributed by atoms with Gasteiger partial charge in [0.15, 0.2) is 0 Å². The van der Waals surface area contributed by atoms with Gasteiger partial charge in [-0.3, -0.25) is 9.69 Å². The first-order valence-corrected chi connectivity index (χ1v) is 24.7. The summed E-state index contributed by atoms with van der Waals surface area (Å²) in [6.07, 6.45) is 22.2. The third-order valence-corrected chi connectivity index (χ3v) is 17.6. The molecule has 61 heavy (non-hydrogen) atoms. The van der Waals surface area contributed by atoms with Gasteiger partial charge < -0.3 is 25.1 Å². The molecule has 1 aliphatic heterocycles. The average Bonchev–Trinajstić information content (AvgIpc) is 3.51. The van der Waals surface area contributed by atoms with Crippen LogP contribution in [0, 0.1) is 51.2 Å². The lowest BCUT2D eigenvalue weighted by molar-refractivity contribution is -0.125. The van der Waals surface area contributed by atoms with E-state index in [-0.39, 0.29) is 11.3 Å². The molecule has 2 spiro atoms. The number of ether oxygens (including phenoxy) is 1. The Labute approximate surface area is 370 Å². The number of piperazine rings is 1. The summed E-state index contributed by atoms with van der Waals surface area (Å²) in [5.74, 6) is 5.57. The Balaban J connectivity index is 0.000000177. The van der Waals surface area contributed by atoms with Gasteiger partial charge in [0.2, 0.25) is 0 Å². The number of fused-ring (bicyclic) bond motifs is 3. The second kappa shape index (κ2) is 19.8. The maximum absolute atomic E-state index is 12.5. The van der Waals surface area contributed by atoms with Gasteiger partial charge in [-0.25, -0.2) is 0 Å². The topological polar surface area (TPSA) is 73.9 Å². The number of likely N-dealkylation sites (N-methyl/N-ethyl adjacent to an activating group) is 1. The molecule has 2 aromatic carbocycles. The van der Waals surface area contributed by atoms with Crippen molar-refractivity contribution in [1.29, 1.82) is 0 Å². The van der Waals surface area contributed by atoms with Crippen LogP contribution in [0.25, 0.3) is 0 Å². The summed E-state index contributed by atoms with van der Waals surface area (Å²) in [5.41, 5.74) is 5.10. The first-order chi connectivity index (χ1) is 29.5. The van der Waals surface area contributed by atoms with Crippen LogP contribution >= 0.6 is 0 Å². The molecule has 8 atom stereocenters. The molecule has 1 heterocycles. The fourth-order valence-corrected chi connectivity index (χ4v) is 15.1. The van der Waals surface area contributed by atoms with Crippen molar-refractivity contribution in [2.45, 2.75) is 137 Å². The first-order valence-electron chi connectivity index (χ1n) is 24.7. The third kappa shape index (κ3) is 9.19. The van der Waals surface area contributed by atoms with E-state index in [1.165, 1.54) is 70.5 Å². The Hall–Kier alpha value is -3.00. The van der Waals surface area contributed by atoms with Crippen LogP contribution in [0.1, 0.15) is 140 Å². The van der Waals surface area contributed by atoms with Crippen LogP contribution in [-0.4, -0.2) is 81.0 Å². The van der Waals surface area contributed by atoms with Gasteiger partial charge in [-0.15, -0.1) is 6.58 Å². The summed E-state index contributed by atoms with van der Waals surface area (Å²) in [7, 11) is 1.93. The summed E-state index contributed by atoms with van der Waals surface area (Å²) >= 11 is 0. The molecule has 2 aromatic rings. The lowest BCUT2D eigenvalue weighted by atomic mass is 9.53. The van der Waals surface area contributed by atoms with E-state index in [1.54, 1.807) is 18.9 Å². The molecule has 9 rings (SSSR count). The predicted molar refractivity (Wildman–Crippen MR) is 251 cm³/mol. The average molecular weight is 835 g/mol. The highest BCUT2D eigenvalue weighted by atomic mass is 16.5. The van der Waals surface area contributed by atoms with Crippen LogP contribution in [0.4, 0.5) is 0 Å². The van der Waals surface area contributed by atoms with Crippen LogP contribution in [0.5, 0.6) is 5.75 Å². The van der Waals surface area contributed by atoms with Crippen LogP contribution in [-0.2, 0) is 17.8 Å². The van der Waals surface area contributed by atoms with Crippen molar-refractivity contribution in [1.82, 2.24) is 20.4 Å². The van der Waals surface area contributed by atoms with Crippen molar-refractivity contribution in [2.75, 3.05) is 52.9 Å². The van der Waals surface area contributed by atoms with Crippen LogP contribution < -0.4 is 15.4 Å². The number of benzene rings is 2. The van der Waals surface area contributed by atoms with Gasteiger partial charge in [-0.2, -0.15) is 0 Å². The number of nitrogens with one attached hydrogen (secondary N) is 2. The zero-order chi connectivity index (χ0) is 43.3. The first kappa shape index (κ1) is 46.0. The molecule has 0 aromatic heterocycles. The molecule has 6 saturated carbocycles.